The van der Waals surface area contributed by atoms with E-state index in [2.05, 4.69) is 4.74 Å². The van der Waals surface area contributed by atoms with E-state index >= 15 is 0 Å². The average molecular weight is 136 g/mol. The van der Waals surface area contributed by atoms with Gasteiger partial charge in [0.2, 0.25) is 0 Å². The molecule has 48 valence electrons. The van der Waals surface area contributed by atoms with E-state index in [-0.39, 0.29) is 6.61 Å². The van der Waals surface area contributed by atoms with E-state index < -0.39 is 0 Å². The fourth-order valence-corrected chi connectivity index (χ4v) is 0.598. The van der Waals surface area contributed by atoms with Crippen LogP contribution in [-0.2, 0) is 9.53 Å². The van der Waals surface area contributed by atoms with E-state index in [4.69, 9.17) is 5.11 Å². The van der Waals surface area contributed by atoms with Crippen molar-refractivity contribution in [2.75, 3.05) is 18.3 Å². The van der Waals surface area contributed by atoms with Crippen molar-refractivity contribution in [3.05, 3.63) is 0 Å². The predicted octanol–water partition coefficient (Wildman–Crippen LogP) is -0.158. The second-order valence-corrected chi connectivity index (χ2v) is 2.06. The van der Waals surface area contributed by atoms with Crippen molar-refractivity contribution in [1.29, 1.82) is 0 Å². The van der Waals surface area contributed by atoms with Crippen LogP contribution in [0.3, 0.4) is 0 Å². The van der Waals surface area contributed by atoms with Crippen LogP contribution in [0.5, 0.6) is 0 Å². The summed E-state index contributed by atoms with van der Waals surface area (Å²) in [6.07, 6.45) is 0. The van der Waals surface area contributed by atoms with Crippen molar-refractivity contribution < 1.29 is 14.6 Å². The fraction of sp³-hybridized carbons (Fsp3) is 0.750. The highest BCUT2D eigenvalue weighted by atomic mass is 32.2. The van der Waals surface area contributed by atoms with Crippen LogP contribution in [0.25, 0.3) is 0 Å². The van der Waals surface area contributed by atoms with E-state index in [0.717, 1.165) is 0 Å². The molecular weight excluding hydrogens is 128 g/mol. The largest absolute Gasteiger partial charge is 0.457 e. The molecule has 0 aliphatic rings. The van der Waals surface area contributed by atoms with E-state index in [9.17, 15) is 4.79 Å². The first-order valence-electron chi connectivity index (χ1n) is 2.15. The highest BCUT2D eigenvalue weighted by Gasteiger charge is 1.83. The van der Waals surface area contributed by atoms with Gasteiger partial charge in [-0.05, 0) is 0 Å². The lowest BCUT2D eigenvalue weighted by Gasteiger charge is -1.93. The van der Waals surface area contributed by atoms with Gasteiger partial charge in [0.1, 0.15) is 5.94 Å². The summed E-state index contributed by atoms with van der Waals surface area (Å²) in [7, 11) is 0. The van der Waals surface area contributed by atoms with Gasteiger partial charge < -0.3 is 9.84 Å². The first-order chi connectivity index (χ1) is 3.91. The molecule has 0 aromatic carbocycles. The quantitative estimate of drug-likeness (QED) is 0.324. The summed E-state index contributed by atoms with van der Waals surface area (Å²) >= 11 is 1.37. The molecule has 1 N–H and O–H groups in total. The summed E-state index contributed by atoms with van der Waals surface area (Å²) in [6.45, 7) is 0.525. The molecule has 0 spiro atoms. The topological polar surface area (TPSA) is 46.5 Å². The first kappa shape index (κ1) is 7.78. The zero-order chi connectivity index (χ0) is 6.24. The van der Waals surface area contributed by atoms with Gasteiger partial charge in [0.25, 0.3) is 6.47 Å². The van der Waals surface area contributed by atoms with Gasteiger partial charge in [0.05, 0.1) is 6.61 Å². The summed E-state index contributed by atoms with van der Waals surface area (Å²) in [5.41, 5.74) is 0. The molecule has 8 heavy (non-hydrogen) atoms. The number of ether oxygens (including phenoxy) is 1. The van der Waals surface area contributed by atoms with Gasteiger partial charge in [0, 0.05) is 5.75 Å². The third-order valence-electron chi connectivity index (χ3n) is 0.455. The highest BCUT2D eigenvalue weighted by Crippen LogP contribution is 1.96. The SMILES string of the molecule is O=COCSCCO. The monoisotopic (exact) mass is 136 g/mol. The van der Waals surface area contributed by atoms with Gasteiger partial charge in [0.15, 0.2) is 0 Å². The third-order valence-corrected chi connectivity index (χ3v) is 1.23. The molecule has 4 heteroatoms. The van der Waals surface area contributed by atoms with Crippen LogP contribution in [0.2, 0.25) is 0 Å². The minimum atomic E-state index is 0.132. The van der Waals surface area contributed by atoms with Crippen LogP contribution < -0.4 is 0 Å². The molecule has 0 aliphatic heterocycles. The Kier molecular flexibility index (Phi) is 6.59. The number of thioether (sulfide) groups is 1. The Labute approximate surface area is 52.0 Å². The minimum absolute atomic E-state index is 0.132. The van der Waals surface area contributed by atoms with Crippen molar-refractivity contribution in [1.82, 2.24) is 0 Å². The van der Waals surface area contributed by atoms with E-state index in [1.807, 2.05) is 0 Å². The number of hydrogen-bond acceptors (Lipinski definition) is 4. The number of carbonyl (C=O) groups is 1. The molecule has 0 bridgehead atoms. The molecule has 0 saturated heterocycles. The normalized spacial score (nSPS) is 8.62. The molecule has 0 saturated carbocycles. The van der Waals surface area contributed by atoms with Crippen molar-refractivity contribution in [3.8, 4) is 0 Å². The molecule has 0 heterocycles. The average Bonchev–Trinajstić information content (AvgIpc) is 1.81. The van der Waals surface area contributed by atoms with Gasteiger partial charge >= 0.3 is 0 Å². The number of rotatable bonds is 5. The van der Waals surface area contributed by atoms with Crippen molar-refractivity contribution in [2.24, 2.45) is 0 Å². The standard InChI is InChI=1S/C4H8O3S/c5-1-2-8-4-7-3-6/h3,5H,1-2,4H2. The smallest absolute Gasteiger partial charge is 0.293 e. The molecule has 0 aromatic heterocycles. The highest BCUT2D eigenvalue weighted by molar-refractivity contribution is 7.99. The molecule has 0 aromatic rings. The van der Waals surface area contributed by atoms with Crippen LogP contribution in [0.4, 0.5) is 0 Å². The van der Waals surface area contributed by atoms with E-state index in [1.54, 1.807) is 0 Å². The molecule has 3 nitrogen and oxygen atoms in total. The van der Waals surface area contributed by atoms with Gasteiger partial charge in [-0.15, -0.1) is 11.8 Å². The Morgan fingerprint density at radius 1 is 1.75 bits per heavy atom. The maximum absolute atomic E-state index is 9.47. The molecular formula is C4H8O3S. The van der Waals surface area contributed by atoms with Crippen molar-refractivity contribution >= 4 is 18.2 Å². The number of carbonyl (C=O) groups excluding carboxylic acids is 1. The van der Waals surface area contributed by atoms with Gasteiger partial charge in [-0.1, -0.05) is 0 Å². The zero-order valence-corrected chi connectivity index (χ0v) is 5.19. The molecule has 0 atom stereocenters. The Hall–Kier alpha value is -0.220. The second-order valence-electron chi connectivity index (χ2n) is 1.01. The fourth-order valence-electron chi connectivity index (χ4n) is 0.199. The third kappa shape index (κ3) is 5.78. The number of aliphatic hydroxyl groups excluding tert-OH is 1. The van der Waals surface area contributed by atoms with E-state index in [0.29, 0.717) is 18.2 Å². The Morgan fingerprint density at radius 3 is 3.00 bits per heavy atom. The Morgan fingerprint density at radius 2 is 2.50 bits per heavy atom. The summed E-state index contributed by atoms with van der Waals surface area (Å²) in [6, 6.07) is 0. The Bertz CT molecular complexity index is 57.2. The lowest BCUT2D eigenvalue weighted by atomic mass is 10.9. The summed E-state index contributed by atoms with van der Waals surface area (Å²) in [4.78, 5) is 9.47. The second kappa shape index (κ2) is 6.78. The van der Waals surface area contributed by atoms with E-state index in [1.165, 1.54) is 11.8 Å². The van der Waals surface area contributed by atoms with Crippen LogP contribution in [0.1, 0.15) is 0 Å². The van der Waals surface area contributed by atoms with Crippen molar-refractivity contribution in [2.45, 2.75) is 0 Å². The van der Waals surface area contributed by atoms with Crippen molar-refractivity contribution in [3.63, 3.8) is 0 Å². The molecule has 0 amide bonds. The lowest BCUT2D eigenvalue weighted by Crippen LogP contribution is -1.90. The molecule has 0 rings (SSSR count). The number of aliphatic hydroxyl groups is 1. The maximum Gasteiger partial charge on any atom is 0.293 e. The number of hydrogen-bond donors (Lipinski definition) is 1. The van der Waals surface area contributed by atoms with Crippen LogP contribution in [0, 0.1) is 0 Å². The minimum Gasteiger partial charge on any atom is -0.457 e. The molecule has 0 fully saturated rings. The first-order valence-corrected chi connectivity index (χ1v) is 3.31. The Balaban J connectivity index is 2.62. The van der Waals surface area contributed by atoms with Gasteiger partial charge in [-0.2, -0.15) is 0 Å². The zero-order valence-electron chi connectivity index (χ0n) is 4.37. The van der Waals surface area contributed by atoms with Crippen LogP contribution in [-0.4, -0.2) is 29.9 Å². The molecule has 0 aliphatic carbocycles. The predicted molar refractivity (Wildman–Crippen MR) is 31.6 cm³/mol. The summed E-state index contributed by atoms with van der Waals surface area (Å²) < 4.78 is 4.31. The maximum atomic E-state index is 9.47. The molecule has 0 unspecified atom stereocenters. The summed E-state index contributed by atoms with van der Waals surface area (Å²) in [5.74, 6) is 0.956. The summed E-state index contributed by atoms with van der Waals surface area (Å²) in [5, 5.41) is 8.20. The van der Waals surface area contributed by atoms with Crippen LogP contribution in [0.15, 0.2) is 0 Å². The van der Waals surface area contributed by atoms with Crippen LogP contribution >= 0.6 is 11.8 Å². The van der Waals surface area contributed by atoms with Gasteiger partial charge in [-0.25, -0.2) is 0 Å². The molecule has 0 radical (unpaired) electrons. The lowest BCUT2D eigenvalue weighted by molar-refractivity contribution is -0.126. The van der Waals surface area contributed by atoms with Gasteiger partial charge in [-0.3, -0.25) is 4.79 Å².